The van der Waals surface area contributed by atoms with Gasteiger partial charge in [-0.2, -0.15) is 0 Å². The van der Waals surface area contributed by atoms with E-state index in [1.807, 2.05) is 0 Å². The molecule has 0 radical (unpaired) electrons. The van der Waals surface area contributed by atoms with Gasteiger partial charge in [0, 0.05) is 34.0 Å². The maximum absolute atomic E-state index is 11.9. The number of benzene rings is 2. The third kappa shape index (κ3) is 3.01. The first-order valence-electron chi connectivity index (χ1n) is 8.19. The molecule has 6 heteroatoms. The Morgan fingerprint density at radius 2 is 1.96 bits per heavy atom. The van der Waals surface area contributed by atoms with Crippen molar-refractivity contribution in [1.29, 1.82) is 0 Å². The van der Waals surface area contributed by atoms with Gasteiger partial charge in [-0.1, -0.05) is 18.7 Å². The molecule has 0 saturated heterocycles. The van der Waals surface area contributed by atoms with Crippen LogP contribution in [0.4, 0.5) is 5.69 Å². The Morgan fingerprint density at radius 3 is 2.63 bits per heavy atom. The van der Waals surface area contributed by atoms with Crippen LogP contribution in [0.25, 0.3) is 0 Å². The van der Waals surface area contributed by atoms with Gasteiger partial charge in [0.15, 0.2) is 0 Å². The van der Waals surface area contributed by atoms with Crippen LogP contribution in [0.3, 0.4) is 0 Å². The van der Waals surface area contributed by atoms with Gasteiger partial charge in [-0.25, -0.2) is 0 Å². The maximum Gasteiger partial charge on any atom is 0.150 e. The smallest absolute Gasteiger partial charge is 0.150 e. The molecule has 0 bridgehead atoms. The molecule has 5 N–H and O–H groups in total. The van der Waals surface area contributed by atoms with Crippen molar-refractivity contribution in [3.05, 3.63) is 89.2 Å². The van der Waals surface area contributed by atoms with E-state index in [2.05, 4.69) is 6.58 Å². The molecule has 0 aliphatic carbocycles. The summed E-state index contributed by atoms with van der Waals surface area (Å²) >= 11 is 0. The lowest BCUT2D eigenvalue weighted by molar-refractivity contribution is 0.0987. The minimum absolute atomic E-state index is 0.0567. The van der Waals surface area contributed by atoms with E-state index in [1.54, 1.807) is 6.07 Å². The number of rotatable bonds is 4. The van der Waals surface area contributed by atoms with Crippen molar-refractivity contribution >= 4 is 12.0 Å². The summed E-state index contributed by atoms with van der Waals surface area (Å²) in [6.45, 7) is 3.33. The van der Waals surface area contributed by atoms with E-state index in [1.165, 1.54) is 48.6 Å². The number of hydrogen-bond acceptors (Lipinski definition) is 6. The van der Waals surface area contributed by atoms with E-state index in [0.717, 1.165) is 0 Å². The molecule has 1 aliphatic rings. The van der Waals surface area contributed by atoms with Crippen LogP contribution in [-0.2, 0) is 5.60 Å². The second-order valence-electron chi connectivity index (χ2n) is 6.02. The number of aliphatic hydroxyl groups excluding tert-OH is 1. The number of aliphatic hydroxyl groups is 2. The molecule has 6 nitrogen and oxygen atoms in total. The number of nitrogens with two attached hydrogens (primary N) is 1. The summed E-state index contributed by atoms with van der Waals surface area (Å²) in [5, 5.41) is 31.1. The molecule has 2 aromatic rings. The largest absolute Gasteiger partial charge is 0.508 e. The Bertz CT molecular complexity index is 977. The van der Waals surface area contributed by atoms with Gasteiger partial charge < -0.3 is 25.8 Å². The Hall–Kier alpha value is -3.35. The zero-order valence-corrected chi connectivity index (χ0v) is 14.4. The number of phenols is 1. The van der Waals surface area contributed by atoms with Crippen LogP contribution in [0.1, 0.15) is 21.5 Å². The van der Waals surface area contributed by atoms with Crippen molar-refractivity contribution in [2.24, 2.45) is 0 Å². The Morgan fingerprint density at radius 1 is 1.19 bits per heavy atom. The summed E-state index contributed by atoms with van der Waals surface area (Å²) in [4.78, 5) is 11.6. The monoisotopic (exact) mass is 365 g/mol. The van der Waals surface area contributed by atoms with Crippen LogP contribution in [0.15, 0.2) is 72.5 Å². The molecular formula is C21H19NO5. The molecule has 1 unspecified atom stereocenters. The second kappa shape index (κ2) is 7.11. The fourth-order valence-electron chi connectivity index (χ4n) is 3.23. The number of phenolic OH excluding ortho intramolecular Hbond substituents is 1. The fourth-order valence-corrected chi connectivity index (χ4v) is 3.23. The van der Waals surface area contributed by atoms with E-state index >= 15 is 0 Å². The van der Waals surface area contributed by atoms with Crippen molar-refractivity contribution in [1.82, 2.24) is 0 Å². The number of ether oxygens (including phenoxy) is 1. The zero-order valence-electron chi connectivity index (χ0n) is 14.4. The van der Waals surface area contributed by atoms with Crippen molar-refractivity contribution in [2.75, 3.05) is 12.3 Å². The number of fused-ring (bicyclic) bond motifs is 1. The summed E-state index contributed by atoms with van der Waals surface area (Å²) in [7, 11) is 0. The maximum atomic E-state index is 11.9. The van der Waals surface area contributed by atoms with Gasteiger partial charge in [-0.15, -0.1) is 0 Å². The Kier molecular flexibility index (Phi) is 4.85. The highest BCUT2D eigenvalue weighted by Crippen LogP contribution is 2.50. The van der Waals surface area contributed by atoms with Crippen LogP contribution < -0.4 is 10.5 Å². The first kappa shape index (κ1) is 18.4. The number of hydrogen-bond donors (Lipinski definition) is 4. The van der Waals surface area contributed by atoms with Crippen LogP contribution in [0.5, 0.6) is 11.5 Å². The van der Waals surface area contributed by atoms with Gasteiger partial charge in [0.05, 0.1) is 6.61 Å². The highest BCUT2D eigenvalue weighted by Gasteiger charge is 2.45. The van der Waals surface area contributed by atoms with Gasteiger partial charge in [0.2, 0.25) is 0 Å². The summed E-state index contributed by atoms with van der Waals surface area (Å²) in [5.41, 5.74) is 5.55. The number of nitrogen functional groups attached to an aromatic ring is 1. The van der Waals surface area contributed by atoms with Crippen LogP contribution in [0.2, 0.25) is 0 Å². The minimum atomic E-state index is -1.82. The predicted molar refractivity (Wildman–Crippen MR) is 101 cm³/mol. The zero-order chi connectivity index (χ0) is 19.6. The summed E-state index contributed by atoms with van der Waals surface area (Å²) in [6.07, 6.45) is 5.01. The van der Waals surface area contributed by atoms with E-state index in [9.17, 15) is 20.1 Å². The van der Waals surface area contributed by atoms with E-state index in [0.29, 0.717) is 17.5 Å². The lowest BCUT2D eigenvalue weighted by Crippen LogP contribution is -2.37. The van der Waals surface area contributed by atoms with Gasteiger partial charge in [-0.3, -0.25) is 4.79 Å². The van der Waals surface area contributed by atoms with Gasteiger partial charge in [0.25, 0.3) is 0 Å². The predicted octanol–water partition coefficient (Wildman–Crippen LogP) is 2.40. The molecule has 0 saturated carbocycles. The number of allylic oxidation sites excluding steroid dienone is 2. The lowest BCUT2D eigenvalue weighted by Gasteiger charge is -2.39. The van der Waals surface area contributed by atoms with E-state index < -0.39 is 5.60 Å². The molecule has 0 aromatic heterocycles. The molecule has 27 heavy (non-hydrogen) atoms. The highest BCUT2D eigenvalue weighted by atomic mass is 16.5. The molecular weight excluding hydrogens is 346 g/mol. The molecule has 1 atom stereocenters. The molecule has 2 aromatic carbocycles. The van der Waals surface area contributed by atoms with Crippen molar-refractivity contribution in [3.8, 4) is 11.5 Å². The molecule has 1 heterocycles. The van der Waals surface area contributed by atoms with Crippen LogP contribution in [-0.4, -0.2) is 28.2 Å². The topological polar surface area (TPSA) is 113 Å². The Balaban J connectivity index is 2.44. The number of anilines is 1. The third-order valence-corrected chi connectivity index (χ3v) is 4.39. The number of carbonyl (C=O) groups excluding carboxylic acids is 1. The highest BCUT2D eigenvalue weighted by molar-refractivity contribution is 5.81. The van der Waals surface area contributed by atoms with Crippen LogP contribution >= 0.6 is 0 Å². The second-order valence-corrected chi connectivity index (χ2v) is 6.02. The van der Waals surface area contributed by atoms with E-state index in [4.69, 9.17) is 10.5 Å². The Labute approximate surface area is 156 Å². The average Bonchev–Trinajstić information content (AvgIpc) is 2.65. The first-order valence-corrected chi connectivity index (χ1v) is 8.19. The summed E-state index contributed by atoms with van der Waals surface area (Å²) < 4.78 is 5.78. The van der Waals surface area contributed by atoms with Crippen LogP contribution in [0, 0.1) is 0 Å². The van der Waals surface area contributed by atoms with Gasteiger partial charge in [0.1, 0.15) is 29.1 Å². The number of aromatic hydroxyl groups is 1. The minimum Gasteiger partial charge on any atom is -0.508 e. The van der Waals surface area contributed by atoms with E-state index in [-0.39, 0.29) is 40.6 Å². The third-order valence-electron chi connectivity index (χ3n) is 4.39. The average molecular weight is 365 g/mol. The standard InChI is InChI=1S/C21H19NO5/c1-2-3-16-19(8-9-23)27-20-11-15(25)6-7-17(20)21(16,26)18-10-14(22)5-4-13(18)12-24/h2-8,10-12,23,25-26H,1,9,22H2/b16-3+,19-8+. The van der Waals surface area contributed by atoms with Crippen molar-refractivity contribution in [2.45, 2.75) is 5.60 Å². The molecule has 3 rings (SSSR count). The number of aldehydes is 1. The first-order chi connectivity index (χ1) is 12.9. The fraction of sp³-hybridized carbons (Fsp3) is 0.0952. The number of carbonyl (C=O) groups is 1. The van der Waals surface area contributed by atoms with Gasteiger partial charge in [-0.05, 0) is 36.4 Å². The quantitative estimate of drug-likeness (QED) is 0.489. The molecule has 0 fully saturated rings. The van der Waals surface area contributed by atoms with Crippen molar-refractivity contribution in [3.63, 3.8) is 0 Å². The van der Waals surface area contributed by atoms with Gasteiger partial charge >= 0.3 is 0 Å². The lowest BCUT2D eigenvalue weighted by atomic mass is 9.75. The summed E-state index contributed by atoms with van der Waals surface area (Å²) in [6, 6.07) is 8.87. The molecule has 138 valence electrons. The molecule has 1 aliphatic heterocycles. The van der Waals surface area contributed by atoms with Crippen molar-refractivity contribution < 1.29 is 24.9 Å². The molecule has 0 amide bonds. The SMILES string of the molecule is C=C/C=C1\C(=C/CO)Oc2cc(O)ccc2C1(O)c1cc(N)ccc1C=O. The summed E-state index contributed by atoms with van der Waals surface area (Å²) in [5.74, 6) is 0.314. The normalized spacial score (nSPS) is 21.6. The molecule has 0 spiro atoms.